The average Bonchev–Trinajstić information content (AvgIpc) is 2.38. The van der Waals surface area contributed by atoms with Gasteiger partial charge in [0.05, 0.1) is 5.56 Å². The van der Waals surface area contributed by atoms with Crippen LogP contribution in [0.25, 0.3) is 0 Å². The van der Waals surface area contributed by atoms with Crippen molar-refractivity contribution in [2.45, 2.75) is 25.1 Å². The van der Waals surface area contributed by atoms with Gasteiger partial charge in [-0.25, -0.2) is 4.79 Å². The van der Waals surface area contributed by atoms with Crippen LogP contribution < -0.4 is 5.32 Å². The smallest absolute Gasteiger partial charge is 0.416 e. The molecule has 110 valence electrons. The molecule has 0 aromatic heterocycles. The summed E-state index contributed by atoms with van der Waals surface area (Å²) >= 11 is 0. The Balaban J connectivity index is 1.96. The molecule has 4 nitrogen and oxygen atoms in total. The summed E-state index contributed by atoms with van der Waals surface area (Å²) in [5.41, 5.74) is -0.279. The highest BCUT2D eigenvalue weighted by Crippen LogP contribution is 2.31. The van der Waals surface area contributed by atoms with Gasteiger partial charge in [0.1, 0.15) is 0 Å². The first-order valence-corrected chi connectivity index (χ1v) is 6.28. The number of piperidine rings is 1. The summed E-state index contributed by atoms with van der Waals surface area (Å²) in [6.45, 7) is 0.790. The number of carbonyl (C=O) groups is 1. The van der Waals surface area contributed by atoms with Crippen molar-refractivity contribution in [3.63, 3.8) is 0 Å². The topological polar surface area (TPSA) is 52.6 Å². The third kappa shape index (κ3) is 3.55. The van der Waals surface area contributed by atoms with Gasteiger partial charge in [-0.2, -0.15) is 13.2 Å². The molecule has 1 saturated heterocycles. The number of alkyl halides is 3. The van der Waals surface area contributed by atoms with E-state index in [0.29, 0.717) is 31.6 Å². The molecule has 0 radical (unpaired) electrons. The second kappa shape index (κ2) is 5.60. The van der Waals surface area contributed by atoms with Crippen LogP contribution in [0.3, 0.4) is 0 Å². The number of nitrogens with zero attached hydrogens (tertiary/aromatic N) is 1. The molecule has 1 amide bonds. The second-order valence-corrected chi connectivity index (χ2v) is 4.77. The van der Waals surface area contributed by atoms with Gasteiger partial charge in [0.15, 0.2) is 0 Å². The van der Waals surface area contributed by atoms with Crippen molar-refractivity contribution in [1.29, 1.82) is 0 Å². The molecular weight excluding hydrogens is 273 g/mol. The number of halogens is 3. The van der Waals surface area contributed by atoms with E-state index in [1.807, 2.05) is 0 Å². The lowest BCUT2D eigenvalue weighted by Gasteiger charge is -2.31. The minimum Gasteiger partial charge on any atom is -0.465 e. The monoisotopic (exact) mass is 288 g/mol. The predicted molar refractivity (Wildman–Crippen MR) is 67.7 cm³/mol. The normalized spacial score (nSPS) is 17.1. The van der Waals surface area contributed by atoms with Crippen molar-refractivity contribution in [1.82, 2.24) is 4.90 Å². The van der Waals surface area contributed by atoms with Crippen LogP contribution in [-0.4, -0.2) is 35.2 Å². The molecule has 20 heavy (non-hydrogen) atoms. The predicted octanol–water partition coefficient (Wildman–Crippen LogP) is 3.26. The van der Waals surface area contributed by atoms with E-state index in [9.17, 15) is 18.0 Å². The summed E-state index contributed by atoms with van der Waals surface area (Å²) in [6.07, 6.45) is -4.14. The highest BCUT2D eigenvalue weighted by Gasteiger charge is 2.30. The zero-order valence-electron chi connectivity index (χ0n) is 10.7. The molecule has 0 bridgehead atoms. The number of anilines is 1. The molecule has 0 spiro atoms. The number of carboxylic acid groups (broad SMARTS) is 1. The molecule has 0 unspecified atom stereocenters. The summed E-state index contributed by atoms with van der Waals surface area (Å²) in [7, 11) is 0. The van der Waals surface area contributed by atoms with E-state index in [-0.39, 0.29) is 6.04 Å². The minimum atomic E-state index is -4.36. The Morgan fingerprint density at radius 3 is 2.50 bits per heavy atom. The van der Waals surface area contributed by atoms with Crippen LogP contribution in [0.4, 0.5) is 23.7 Å². The van der Waals surface area contributed by atoms with E-state index in [4.69, 9.17) is 5.11 Å². The van der Waals surface area contributed by atoms with Crippen molar-refractivity contribution >= 4 is 11.8 Å². The van der Waals surface area contributed by atoms with Crippen molar-refractivity contribution in [2.75, 3.05) is 18.4 Å². The quantitative estimate of drug-likeness (QED) is 0.878. The van der Waals surface area contributed by atoms with Crippen molar-refractivity contribution in [2.24, 2.45) is 0 Å². The summed E-state index contributed by atoms with van der Waals surface area (Å²) in [5, 5.41) is 11.9. The molecular formula is C13H15F3N2O2. The lowest BCUT2D eigenvalue weighted by atomic mass is 10.0. The van der Waals surface area contributed by atoms with E-state index in [1.165, 1.54) is 11.0 Å². The largest absolute Gasteiger partial charge is 0.465 e. The molecule has 0 aliphatic carbocycles. The SMILES string of the molecule is O=C(O)N1CCC(Nc2cccc(C(F)(F)F)c2)CC1. The van der Waals surface area contributed by atoms with Gasteiger partial charge in [0.25, 0.3) is 0 Å². The summed E-state index contributed by atoms with van der Waals surface area (Å²) in [6, 6.07) is 5.03. The number of likely N-dealkylation sites (tertiary alicyclic amines) is 1. The summed E-state index contributed by atoms with van der Waals surface area (Å²) in [5.74, 6) is 0. The van der Waals surface area contributed by atoms with Gasteiger partial charge in [0, 0.05) is 24.8 Å². The molecule has 1 fully saturated rings. The van der Waals surface area contributed by atoms with Crippen LogP contribution in [0.2, 0.25) is 0 Å². The maximum absolute atomic E-state index is 12.6. The number of benzene rings is 1. The van der Waals surface area contributed by atoms with E-state index >= 15 is 0 Å². The van der Waals surface area contributed by atoms with Crippen molar-refractivity contribution < 1.29 is 23.1 Å². The molecule has 1 heterocycles. The van der Waals surface area contributed by atoms with Crippen LogP contribution in [0, 0.1) is 0 Å². The third-order valence-electron chi connectivity index (χ3n) is 3.33. The molecule has 7 heteroatoms. The van der Waals surface area contributed by atoms with Gasteiger partial charge in [-0.15, -0.1) is 0 Å². The van der Waals surface area contributed by atoms with E-state index in [2.05, 4.69) is 5.32 Å². The Morgan fingerprint density at radius 2 is 1.95 bits per heavy atom. The van der Waals surface area contributed by atoms with Gasteiger partial charge in [-0.05, 0) is 31.0 Å². The highest BCUT2D eigenvalue weighted by molar-refractivity contribution is 5.65. The Kier molecular flexibility index (Phi) is 4.06. The molecule has 1 aliphatic rings. The summed E-state index contributed by atoms with van der Waals surface area (Å²) in [4.78, 5) is 12.1. The lowest BCUT2D eigenvalue weighted by Crippen LogP contribution is -2.41. The van der Waals surface area contributed by atoms with Gasteiger partial charge in [0.2, 0.25) is 0 Å². The number of nitrogens with one attached hydrogen (secondary N) is 1. The Morgan fingerprint density at radius 1 is 1.30 bits per heavy atom. The lowest BCUT2D eigenvalue weighted by molar-refractivity contribution is -0.137. The zero-order chi connectivity index (χ0) is 14.8. The summed E-state index contributed by atoms with van der Waals surface area (Å²) < 4.78 is 37.8. The molecule has 1 aromatic carbocycles. The van der Waals surface area contributed by atoms with Crippen LogP contribution in [0.1, 0.15) is 18.4 Å². The fourth-order valence-electron chi connectivity index (χ4n) is 2.24. The fraction of sp³-hybridized carbons (Fsp3) is 0.462. The molecule has 1 aromatic rings. The maximum Gasteiger partial charge on any atom is 0.416 e. The van der Waals surface area contributed by atoms with E-state index < -0.39 is 17.8 Å². The first-order valence-electron chi connectivity index (χ1n) is 6.28. The Hall–Kier alpha value is -1.92. The molecule has 0 saturated carbocycles. The number of hydrogen-bond acceptors (Lipinski definition) is 2. The van der Waals surface area contributed by atoms with Crippen molar-refractivity contribution in [3.8, 4) is 0 Å². The van der Waals surface area contributed by atoms with E-state index in [1.54, 1.807) is 6.07 Å². The number of rotatable bonds is 2. The number of amides is 1. The minimum absolute atomic E-state index is 0.00548. The standard InChI is InChI=1S/C13H15F3N2O2/c14-13(15,16)9-2-1-3-11(8-9)17-10-4-6-18(7-5-10)12(19)20/h1-3,8,10,17H,4-7H2,(H,19,20). The van der Waals surface area contributed by atoms with Crippen LogP contribution in [-0.2, 0) is 6.18 Å². The molecule has 0 atom stereocenters. The first-order chi connectivity index (χ1) is 9.36. The Labute approximate surface area is 114 Å². The van der Waals surface area contributed by atoms with Crippen LogP contribution in [0.15, 0.2) is 24.3 Å². The van der Waals surface area contributed by atoms with Crippen LogP contribution >= 0.6 is 0 Å². The van der Waals surface area contributed by atoms with Gasteiger partial charge >= 0.3 is 12.3 Å². The molecule has 2 N–H and O–H groups in total. The fourth-order valence-corrected chi connectivity index (χ4v) is 2.24. The van der Waals surface area contributed by atoms with Gasteiger partial charge in [-0.3, -0.25) is 0 Å². The Bertz CT molecular complexity index is 483. The van der Waals surface area contributed by atoms with E-state index in [0.717, 1.165) is 12.1 Å². The van der Waals surface area contributed by atoms with Crippen molar-refractivity contribution in [3.05, 3.63) is 29.8 Å². The molecule has 2 rings (SSSR count). The maximum atomic E-state index is 12.6. The second-order valence-electron chi connectivity index (χ2n) is 4.77. The zero-order valence-corrected chi connectivity index (χ0v) is 10.7. The molecule has 1 aliphatic heterocycles. The first kappa shape index (κ1) is 14.5. The van der Waals surface area contributed by atoms with Gasteiger partial charge in [-0.1, -0.05) is 6.07 Å². The number of hydrogen-bond donors (Lipinski definition) is 2. The van der Waals surface area contributed by atoms with Gasteiger partial charge < -0.3 is 15.3 Å². The highest BCUT2D eigenvalue weighted by atomic mass is 19.4. The van der Waals surface area contributed by atoms with Crippen LogP contribution in [0.5, 0.6) is 0 Å². The third-order valence-corrected chi connectivity index (χ3v) is 3.33. The average molecular weight is 288 g/mol.